The zero-order valence-electron chi connectivity index (χ0n) is 21.6. The Morgan fingerprint density at radius 2 is 1.41 bits per heavy atom. The molecule has 5 nitrogen and oxygen atoms in total. The van der Waals surface area contributed by atoms with E-state index in [-0.39, 0.29) is 6.61 Å². The second-order valence-electron chi connectivity index (χ2n) is 9.13. The third kappa shape index (κ3) is 7.10. The minimum atomic E-state index is -4.46. The van der Waals surface area contributed by atoms with Crippen molar-refractivity contribution in [2.45, 2.75) is 26.6 Å². The molecule has 0 aliphatic rings. The van der Waals surface area contributed by atoms with Gasteiger partial charge in [-0.25, -0.2) is 4.79 Å². The molecule has 0 aliphatic carbocycles. The summed E-state index contributed by atoms with van der Waals surface area (Å²) in [5.41, 5.74) is 4.05. The Labute approximate surface area is 224 Å². The van der Waals surface area contributed by atoms with Crippen molar-refractivity contribution >= 4 is 5.97 Å². The number of ether oxygens (including phenoxy) is 3. The van der Waals surface area contributed by atoms with Crippen molar-refractivity contribution in [2.75, 3.05) is 13.7 Å². The van der Waals surface area contributed by atoms with Crippen LogP contribution in [-0.2, 0) is 17.6 Å². The summed E-state index contributed by atoms with van der Waals surface area (Å²) in [6.07, 6.45) is -4.46. The highest BCUT2D eigenvalue weighted by atomic mass is 19.4. The average Bonchev–Trinajstić information content (AvgIpc) is 2.90. The standard InChI is InChI=1S/C31H27F3O5/c1-19-10-23(16-26(11-19)31(32,33)34)25-14-21(13-24(15-25)22-4-6-27(37-3)7-5-22)17-38-28-8-9-29(20(2)12-28)39-18-30(35)36/h4-16H,17-18H2,1-3H3,(H,35,36). The molecular formula is C31H27F3O5. The Hall–Kier alpha value is -4.46. The number of aliphatic carboxylic acids is 1. The number of carboxylic acids is 1. The summed E-state index contributed by atoms with van der Waals surface area (Å²) in [6, 6.07) is 22.1. The van der Waals surface area contributed by atoms with Crippen LogP contribution in [0.1, 0.15) is 22.3 Å². The first-order chi connectivity index (χ1) is 18.5. The summed E-state index contributed by atoms with van der Waals surface area (Å²) >= 11 is 0. The van der Waals surface area contributed by atoms with Crippen LogP contribution in [0.4, 0.5) is 13.2 Å². The highest BCUT2D eigenvalue weighted by molar-refractivity contribution is 5.75. The number of aryl methyl sites for hydroxylation is 2. The van der Waals surface area contributed by atoms with E-state index in [4.69, 9.17) is 19.3 Å². The molecule has 202 valence electrons. The van der Waals surface area contributed by atoms with Crippen molar-refractivity contribution in [3.05, 3.63) is 101 Å². The van der Waals surface area contributed by atoms with Crippen molar-refractivity contribution in [2.24, 2.45) is 0 Å². The summed E-state index contributed by atoms with van der Waals surface area (Å²) < 4.78 is 57.1. The Kier molecular flexibility index (Phi) is 8.14. The fourth-order valence-corrected chi connectivity index (χ4v) is 4.19. The van der Waals surface area contributed by atoms with E-state index in [0.717, 1.165) is 28.8 Å². The van der Waals surface area contributed by atoms with Crippen LogP contribution >= 0.6 is 0 Å². The average molecular weight is 537 g/mol. The van der Waals surface area contributed by atoms with Gasteiger partial charge in [0.15, 0.2) is 6.61 Å². The van der Waals surface area contributed by atoms with Gasteiger partial charge in [0.05, 0.1) is 12.7 Å². The van der Waals surface area contributed by atoms with E-state index in [9.17, 15) is 18.0 Å². The molecule has 0 saturated carbocycles. The van der Waals surface area contributed by atoms with Gasteiger partial charge in [-0.3, -0.25) is 0 Å². The fraction of sp³-hybridized carbons (Fsp3) is 0.194. The molecule has 0 aromatic heterocycles. The van der Waals surface area contributed by atoms with Crippen LogP contribution in [0, 0.1) is 13.8 Å². The van der Waals surface area contributed by atoms with Crippen molar-refractivity contribution in [1.82, 2.24) is 0 Å². The van der Waals surface area contributed by atoms with Gasteiger partial charge < -0.3 is 19.3 Å². The molecule has 39 heavy (non-hydrogen) atoms. The molecule has 0 heterocycles. The number of benzene rings is 4. The van der Waals surface area contributed by atoms with Gasteiger partial charge in [-0.2, -0.15) is 13.2 Å². The molecule has 0 unspecified atom stereocenters. The number of hydrogen-bond donors (Lipinski definition) is 1. The van der Waals surface area contributed by atoms with Gasteiger partial charge in [0.2, 0.25) is 0 Å². The normalized spacial score (nSPS) is 11.2. The summed E-state index contributed by atoms with van der Waals surface area (Å²) in [7, 11) is 1.58. The van der Waals surface area contributed by atoms with Crippen LogP contribution < -0.4 is 14.2 Å². The lowest BCUT2D eigenvalue weighted by molar-refractivity contribution is -0.139. The lowest BCUT2D eigenvalue weighted by atomic mass is 9.94. The van der Waals surface area contributed by atoms with Crippen LogP contribution in [-0.4, -0.2) is 24.8 Å². The smallest absolute Gasteiger partial charge is 0.416 e. The van der Waals surface area contributed by atoms with Crippen LogP contribution in [0.2, 0.25) is 0 Å². The van der Waals surface area contributed by atoms with E-state index >= 15 is 0 Å². The SMILES string of the molecule is COc1ccc(-c2cc(COc3ccc(OCC(=O)O)c(C)c3)cc(-c3cc(C)cc(C(F)(F)F)c3)c2)cc1. The number of carboxylic acid groups (broad SMARTS) is 1. The Bertz CT molecular complexity index is 1480. The van der Waals surface area contributed by atoms with Gasteiger partial charge in [-0.1, -0.05) is 18.2 Å². The molecule has 0 saturated heterocycles. The first kappa shape index (κ1) is 27.6. The Morgan fingerprint density at radius 3 is 2.03 bits per heavy atom. The molecule has 0 bridgehead atoms. The van der Waals surface area contributed by atoms with Gasteiger partial charge in [0.25, 0.3) is 0 Å². The largest absolute Gasteiger partial charge is 0.497 e. The summed E-state index contributed by atoms with van der Waals surface area (Å²) in [6.45, 7) is 3.13. The first-order valence-electron chi connectivity index (χ1n) is 12.1. The fourth-order valence-electron chi connectivity index (χ4n) is 4.19. The quantitative estimate of drug-likeness (QED) is 0.237. The Balaban J connectivity index is 1.68. The number of hydrogen-bond acceptors (Lipinski definition) is 4. The molecule has 0 atom stereocenters. The predicted molar refractivity (Wildman–Crippen MR) is 142 cm³/mol. The van der Waals surface area contributed by atoms with Crippen molar-refractivity contribution in [1.29, 1.82) is 0 Å². The summed E-state index contributed by atoms with van der Waals surface area (Å²) in [5.74, 6) is 0.603. The van der Waals surface area contributed by atoms with E-state index in [1.165, 1.54) is 0 Å². The monoisotopic (exact) mass is 536 g/mol. The maximum absolute atomic E-state index is 13.5. The number of rotatable bonds is 9. The molecular weight excluding hydrogens is 509 g/mol. The Morgan fingerprint density at radius 1 is 0.769 bits per heavy atom. The van der Waals surface area contributed by atoms with Gasteiger partial charge in [-0.05, 0) is 113 Å². The highest BCUT2D eigenvalue weighted by Crippen LogP contribution is 2.36. The molecule has 0 aliphatic heterocycles. The van der Waals surface area contributed by atoms with Crippen molar-refractivity contribution < 1.29 is 37.3 Å². The summed E-state index contributed by atoms with van der Waals surface area (Å²) in [4.78, 5) is 10.8. The molecule has 0 spiro atoms. The van der Waals surface area contributed by atoms with Gasteiger partial charge in [0, 0.05) is 0 Å². The zero-order valence-corrected chi connectivity index (χ0v) is 21.6. The van der Waals surface area contributed by atoms with Crippen molar-refractivity contribution in [3.63, 3.8) is 0 Å². The lowest BCUT2D eigenvalue weighted by Crippen LogP contribution is -2.10. The third-order valence-electron chi connectivity index (χ3n) is 6.06. The number of alkyl halides is 3. The third-order valence-corrected chi connectivity index (χ3v) is 6.06. The van der Waals surface area contributed by atoms with E-state index in [2.05, 4.69) is 0 Å². The minimum absolute atomic E-state index is 0.156. The molecule has 0 fully saturated rings. The van der Waals surface area contributed by atoms with E-state index in [1.54, 1.807) is 45.2 Å². The molecule has 4 rings (SSSR count). The highest BCUT2D eigenvalue weighted by Gasteiger charge is 2.31. The molecule has 4 aromatic rings. The maximum Gasteiger partial charge on any atom is 0.416 e. The number of carbonyl (C=O) groups is 1. The van der Waals surface area contributed by atoms with Crippen LogP contribution in [0.25, 0.3) is 22.3 Å². The van der Waals surface area contributed by atoms with Gasteiger partial charge in [0.1, 0.15) is 23.9 Å². The minimum Gasteiger partial charge on any atom is -0.497 e. The number of methoxy groups -OCH3 is 1. The topological polar surface area (TPSA) is 65.0 Å². The molecule has 0 amide bonds. The number of halogens is 3. The van der Waals surface area contributed by atoms with Gasteiger partial charge >= 0.3 is 12.1 Å². The zero-order chi connectivity index (χ0) is 28.2. The van der Waals surface area contributed by atoms with Crippen molar-refractivity contribution in [3.8, 4) is 39.5 Å². The van der Waals surface area contributed by atoms with E-state index in [1.807, 2.05) is 42.5 Å². The van der Waals surface area contributed by atoms with Crippen LogP contribution in [0.5, 0.6) is 17.2 Å². The van der Waals surface area contributed by atoms with Gasteiger partial charge in [-0.15, -0.1) is 0 Å². The molecule has 1 N–H and O–H groups in total. The predicted octanol–water partition coefficient (Wildman–Crippen LogP) is 7.71. The second kappa shape index (κ2) is 11.5. The first-order valence-corrected chi connectivity index (χ1v) is 12.1. The molecule has 4 aromatic carbocycles. The second-order valence-corrected chi connectivity index (χ2v) is 9.13. The molecule has 0 radical (unpaired) electrons. The van der Waals surface area contributed by atoms with E-state index in [0.29, 0.717) is 39.5 Å². The maximum atomic E-state index is 13.5. The lowest BCUT2D eigenvalue weighted by Gasteiger charge is -2.15. The van der Waals surface area contributed by atoms with Crippen LogP contribution in [0.3, 0.4) is 0 Å². The van der Waals surface area contributed by atoms with Crippen LogP contribution in [0.15, 0.2) is 78.9 Å². The summed E-state index contributed by atoms with van der Waals surface area (Å²) in [5, 5.41) is 8.82. The van der Waals surface area contributed by atoms with E-state index < -0.39 is 24.3 Å². The molecule has 8 heteroatoms.